The Hall–Kier alpha value is -4.06. The number of hydrogen-bond acceptors (Lipinski definition) is 7. The molecule has 0 fully saturated rings. The zero-order valence-corrected chi connectivity index (χ0v) is 29.6. The average molecular weight is 849 g/mol. The Kier molecular flexibility index (Phi) is 9.81. The molecule has 5 aromatic rings. The Balaban J connectivity index is 1.44. The highest BCUT2D eigenvalue weighted by molar-refractivity contribution is 14.1. The van der Waals surface area contributed by atoms with E-state index in [0.29, 0.717) is 32.8 Å². The maximum Gasteiger partial charge on any atom is 0.338 e. The summed E-state index contributed by atoms with van der Waals surface area (Å²) >= 11 is 5.77. The number of ether oxygens (including phenoxy) is 2. The number of benzene rings is 4. The van der Waals surface area contributed by atoms with E-state index in [0.717, 1.165) is 35.1 Å². The number of rotatable bonds is 8. The van der Waals surface area contributed by atoms with E-state index in [4.69, 9.17) is 19.7 Å². The molecular weight excluding hydrogens is 824 g/mol. The van der Waals surface area contributed by atoms with Crippen LogP contribution in [0, 0.1) is 18.5 Å². The first kappa shape index (κ1) is 31.9. The van der Waals surface area contributed by atoms with Crippen molar-refractivity contribution in [2.75, 3.05) is 6.61 Å². The molecule has 0 radical (unpaired) electrons. The predicted molar refractivity (Wildman–Crippen MR) is 195 cm³/mol. The van der Waals surface area contributed by atoms with Crippen molar-refractivity contribution in [1.82, 2.24) is 4.57 Å². The van der Waals surface area contributed by atoms with Gasteiger partial charge in [0.2, 0.25) is 0 Å². The lowest BCUT2D eigenvalue weighted by atomic mass is 9.93. The normalized spacial score (nSPS) is 14.3. The lowest BCUT2D eigenvalue weighted by molar-refractivity contribution is -0.138. The Morgan fingerprint density at radius 1 is 1.00 bits per heavy atom. The van der Waals surface area contributed by atoms with Crippen molar-refractivity contribution in [3.05, 3.63) is 157 Å². The van der Waals surface area contributed by atoms with Crippen molar-refractivity contribution in [3.8, 4) is 11.8 Å². The Labute approximate surface area is 296 Å². The van der Waals surface area contributed by atoms with Gasteiger partial charge in [-0.15, -0.1) is 0 Å². The topological polar surface area (TPSA) is 93.7 Å². The fraction of sp³-hybridized carbons (Fsp3) is 0.111. The Bertz CT molecular complexity index is 2160. The number of carbonyl (C=O) groups is 1. The molecule has 1 atom stereocenters. The van der Waals surface area contributed by atoms with Crippen molar-refractivity contribution >= 4 is 74.3 Å². The van der Waals surface area contributed by atoms with Crippen LogP contribution in [0.15, 0.2) is 112 Å². The third-order valence-corrected chi connectivity index (χ3v) is 9.86. The second kappa shape index (κ2) is 14.1. The fourth-order valence-electron chi connectivity index (χ4n) is 5.17. The maximum atomic E-state index is 14.2. The van der Waals surface area contributed by atoms with Gasteiger partial charge in [-0.05, 0) is 99.1 Å². The Morgan fingerprint density at radius 2 is 1.65 bits per heavy atom. The summed E-state index contributed by atoms with van der Waals surface area (Å²) in [4.78, 5) is 33.2. The maximum absolute atomic E-state index is 14.2. The first-order valence-corrected chi connectivity index (χ1v) is 17.3. The fourth-order valence-corrected chi connectivity index (χ4v) is 8.30. The van der Waals surface area contributed by atoms with E-state index in [1.54, 1.807) is 23.6 Å². The average Bonchev–Trinajstić information content (AvgIpc) is 3.38. The highest BCUT2D eigenvalue weighted by atomic mass is 127. The summed E-state index contributed by atoms with van der Waals surface area (Å²) in [5.41, 5.74) is 4.54. The third kappa shape index (κ3) is 6.58. The van der Waals surface area contributed by atoms with Gasteiger partial charge in [-0.3, -0.25) is 9.36 Å². The summed E-state index contributed by atoms with van der Waals surface area (Å²) in [6.07, 6.45) is 1.86. The first-order chi connectivity index (χ1) is 22.4. The lowest BCUT2D eigenvalue weighted by Gasteiger charge is -2.25. The number of esters is 1. The van der Waals surface area contributed by atoms with Gasteiger partial charge in [0.25, 0.3) is 5.56 Å². The van der Waals surface area contributed by atoms with Crippen LogP contribution in [0.2, 0.25) is 0 Å². The summed E-state index contributed by atoms with van der Waals surface area (Å²) in [7, 11) is 0. The first-order valence-electron chi connectivity index (χ1n) is 14.3. The molecule has 1 aliphatic rings. The van der Waals surface area contributed by atoms with Crippen LogP contribution in [0.1, 0.15) is 40.8 Å². The van der Waals surface area contributed by atoms with Gasteiger partial charge in [0.05, 0.1) is 47.2 Å². The number of aromatic nitrogens is 1. The van der Waals surface area contributed by atoms with Crippen molar-refractivity contribution in [2.24, 2.45) is 4.99 Å². The predicted octanol–water partition coefficient (Wildman–Crippen LogP) is 6.60. The molecule has 0 amide bonds. The number of fused-ring (bicyclic) bond motifs is 1. The monoisotopic (exact) mass is 849 g/mol. The minimum atomic E-state index is -0.716. The minimum absolute atomic E-state index is 0.195. The van der Waals surface area contributed by atoms with Gasteiger partial charge in [0.15, 0.2) is 4.80 Å². The van der Waals surface area contributed by atoms with Crippen LogP contribution in [0.25, 0.3) is 11.8 Å². The number of carbonyl (C=O) groups excluding carboxylic acids is 1. The number of hydrogen-bond donors (Lipinski definition) is 0. The molecule has 7 nitrogen and oxygen atoms in total. The second-order valence-corrected chi connectivity index (χ2v) is 13.6. The van der Waals surface area contributed by atoms with Gasteiger partial charge in [0, 0.05) is 5.56 Å². The van der Waals surface area contributed by atoms with Crippen molar-refractivity contribution < 1.29 is 14.3 Å². The third-order valence-electron chi connectivity index (χ3n) is 7.27. The van der Waals surface area contributed by atoms with Crippen LogP contribution in [0.3, 0.4) is 0 Å². The minimum Gasteiger partial charge on any atom is -0.487 e. The van der Waals surface area contributed by atoms with Crippen molar-refractivity contribution in [2.45, 2.75) is 19.6 Å². The zero-order chi connectivity index (χ0) is 32.2. The van der Waals surface area contributed by atoms with E-state index in [1.807, 2.05) is 91.0 Å². The molecule has 0 N–H and O–H groups in total. The quantitative estimate of drug-likeness (QED) is 0.130. The van der Waals surface area contributed by atoms with E-state index < -0.39 is 12.0 Å². The van der Waals surface area contributed by atoms with E-state index in [2.05, 4.69) is 51.3 Å². The molecule has 0 unspecified atom stereocenters. The van der Waals surface area contributed by atoms with Crippen LogP contribution < -0.4 is 19.6 Å². The summed E-state index contributed by atoms with van der Waals surface area (Å²) in [5, 5.41) is 9.05. The summed E-state index contributed by atoms with van der Waals surface area (Å²) < 4.78 is 15.6. The largest absolute Gasteiger partial charge is 0.487 e. The SMILES string of the molecule is CCOC(=O)C1=C(c2ccccc2)N=c2s/c(=C\c3cc(I)c(OCc4ccc(C#N)cc4)c(I)c3)c(=O)n2[C@H]1c1ccccc1. The number of nitriles is 1. The summed E-state index contributed by atoms with van der Waals surface area (Å²) in [6.45, 7) is 2.32. The van der Waals surface area contributed by atoms with Crippen molar-refractivity contribution in [3.63, 3.8) is 0 Å². The molecule has 10 heteroatoms. The van der Waals surface area contributed by atoms with Crippen LogP contribution in [0.4, 0.5) is 0 Å². The van der Waals surface area contributed by atoms with E-state index in [9.17, 15) is 9.59 Å². The Morgan fingerprint density at radius 3 is 2.28 bits per heavy atom. The van der Waals surface area contributed by atoms with Crippen LogP contribution in [-0.4, -0.2) is 17.1 Å². The molecule has 6 rings (SSSR count). The molecule has 0 aliphatic carbocycles. The molecule has 0 bridgehead atoms. The zero-order valence-electron chi connectivity index (χ0n) is 24.4. The number of thiazole rings is 1. The van der Waals surface area contributed by atoms with E-state index >= 15 is 0 Å². The van der Waals surface area contributed by atoms with Gasteiger partial charge in [-0.25, -0.2) is 9.79 Å². The van der Waals surface area contributed by atoms with Gasteiger partial charge in [-0.1, -0.05) is 84.1 Å². The molecule has 1 aliphatic heterocycles. The molecule has 46 heavy (non-hydrogen) atoms. The van der Waals surface area contributed by atoms with Crippen molar-refractivity contribution in [1.29, 1.82) is 5.26 Å². The van der Waals surface area contributed by atoms with Crippen LogP contribution >= 0.6 is 56.5 Å². The van der Waals surface area contributed by atoms with Gasteiger partial charge < -0.3 is 9.47 Å². The van der Waals surface area contributed by atoms with Crippen LogP contribution in [-0.2, 0) is 16.1 Å². The molecule has 0 spiro atoms. The summed E-state index contributed by atoms with van der Waals surface area (Å²) in [5.74, 6) is 0.244. The lowest BCUT2D eigenvalue weighted by Crippen LogP contribution is -2.40. The number of halogens is 2. The van der Waals surface area contributed by atoms with Gasteiger partial charge in [-0.2, -0.15) is 5.26 Å². The van der Waals surface area contributed by atoms with E-state index in [1.165, 1.54) is 11.3 Å². The van der Waals surface area contributed by atoms with E-state index in [-0.39, 0.29) is 12.2 Å². The molecular formula is C36H25I2N3O4S. The second-order valence-electron chi connectivity index (χ2n) is 10.3. The highest BCUT2D eigenvalue weighted by Gasteiger charge is 2.35. The standard InChI is InChI=1S/C36H25I2N3O4S/c1-2-44-35(43)30-31(25-9-5-3-6-10-25)40-36-41(32(30)26-11-7-4-8-12-26)34(42)29(46-36)19-24-17-27(37)33(28(38)18-24)45-21-23-15-13-22(20-39)14-16-23/h3-19,32H,2,21H2,1H3/b29-19-/t32-/m0/s1. The molecule has 4 aromatic carbocycles. The smallest absolute Gasteiger partial charge is 0.338 e. The molecule has 228 valence electrons. The molecule has 0 saturated carbocycles. The van der Waals surface area contributed by atoms with Gasteiger partial charge in [0.1, 0.15) is 12.4 Å². The summed E-state index contributed by atoms with van der Waals surface area (Å²) in [6, 6.07) is 31.7. The molecule has 2 heterocycles. The van der Waals surface area contributed by atoms with Gasteiger partial charge >= 0.3 is 5.97 Å². The molecule has 1 aromatic heterocycles. The highest BCUT2D eigenvalue weighted by Crippen LogP contribution is 2.35. The van der Waals surface area contributed by atoms with Crippen LogP contribution in [0.5, 0.6) is 5.75 Å². The number of nitrogens with zero attached hydrogens (tertiary/aromatic N) is 3. The molecule has 0 saturated heterocycles.